The van der Waals surface area contributed by atoms with Gasteiger partial charge in [-0.2, -0.15) is 9.98 Å². The van der Waals surface area contributed by atoms with Crippen molar-refractivity contribution in [3.63, 3.8) is 0 Å². The summed E-state index contributed by atoms with van der Waals surface area (Å²) >= 11 is 11.8. The van der Waals surface area contributed by atoms with E-state index in [4.69, 9.17) is 28.5 Å². The second-order valence-corrected chi connectivity index (χ2v) is 9.75. The van der Waals surface area contributed by atoms with Crippen LogP contribution >= 0.6 is 23.2 Å². The number of hydrogen-bond donors (Lipinski definition) is 2. The summed E-state index contributed by atoms with van der Waals surface area (Å²) in [5, 5.41) is 18.0. The van der Waals surface area contributed by atoms with Gasteiger partial charge in [-0.1, -0.05) is 0 Å². The first kappa shape index (κ1) is 24.8. The number of halogens is 2. The highest BCUT2D eigenvalue weighted by Crippen LogP contribution is 2.31. The van der Waals surface area contributed by atoms with E-state index in [0.717, 1.165) is 45.0 Å². The van der Waals surface area contributed by atoms with E-state index in [2.05, 4.69) is 14.6 Å². The number of aromatic nitrogens is 1. The quantitative estimate of drug-likeness (QED) is 0.469. The molecule has 1 saturated carbocycles. The number of carbonyl (C=O) groups is 1. The smallest absolute Gasteiger partial charge is 0.321 e. The highest BCUT2D eigenvalue weighted by Gasteiger charge is 2.32. The lowest BCUT2D eigenvalue weighted by molar-refractivity contribution is -0.139. The van der Waals surface area contributed by atoms with Gasteiger partial charge in [-0.15, -0.1) is 23.2 Å². The molecule has 0 radical (unpaired) electrons. The molecule has 1 aliphatic carbocycles. The van der Waals surface area contributed by atoms with Gasteiger partial charge in [0.1, 0.15) is 12.1 Å². The Balaban J connectivity index is 1.98. The molecule has 11 heteroatoms. The van der Waals surface area contributed by atoms with Gasteiger partial charge < -0.3 is 5.11 Å². The fourth-order valence-corrected chi connectivity index (χ4v) is 5.39. The Morgan fingerprint density at radius 1 is 1.27 bits per heavy atom. The maximum Gasteiger partial charge on any atom is 0.321 e. The zero-order chi connectivity index (χ0) is 22.1. The first-order valence-electron chi connectivity index (χ1n) is 9.78. The molecular weight excluding hydrogens is 451 g/mol. The van der Waals surface area contributed by atoms with Crippen LogP contribution in [0.15, 0.2) is 23.4 Å². The number of nitrogens with one attached hydrogen (secondary N) is 1. The molecular formula is C19H26Cl2N4O4S. The average Bonchev–Trinajstić information content (AvgIpc) is 2.73. The standard InChI is InChI=1S/C19H26Cl2N4O4S/c20-7-9-25(10-8-21)16-4-1-14(2-5-16)11-17(19(26)27)24-30(28,29)18-6-3-15(12-22)13-23-18/h3,6,13-14,16-17,24H,1-2,4-5,7-11H2,(H,26,27)/t14?,16?,17-/m1/s1. The predicted octanol–water partition coefficient (Wildman–Crippen LogP) is 2.41. The van der Waals surface area contributed by atoms with E-state index in [-0.39, 0.29) is 22.9 Å². The topological polar surface area (TPSA) is 123 Å². The van der Waals surface area contributed by atoms with Crippen LogP contribution in [0.1, 0.15) is 37.7 Å². The van der Waals surface area contributed by atoms with Crippen LogP contribution in [0.5, 0.6) is 0 Å². The molecule has 30 heavy (non-hydrogen) atoms. The van der Waals surface area contributed by atoms with Gasteiger partial charge in [0, 0.05) is 37.1 Å². The summed E-state index contributed by atoms with van der Waals surface area (Å²) in [6.07, 6.45) is 4.77. The molecule has 8 nitrogen and oxygen atoms in total. The second-order valence-electron chi connectivity index (χ2n) is 7.33. The Morgan fingerprint density at radius 2 is 1.90 bits per heavy atom. The minimum Gasteiger partial charge on any atom is -0.480 e. The molecule has 2 rings (SSSR count). The zero-order valence-corrected chi connectivity index (χ0v) is 18.8. The summed E-state index contributed by atoms with van der Waals surface area (Å²) in [6.45, 7) is 1.53. The zero-order valence-electron chi connectivity index (χ0n) is 16.5. The summed E-state index contributed by atoms with van der Waals surface area (Å²) in [7, 11) is -4.11. The van der Waals surface area contributed by atoms with Crippen LogP contribution in [0, 0.1) is 17.2 Å². The van der Waals surface area contributed by atoms with Gasteiger partial charge in [-0.3, -0.25) is 9.69 Å². The lowest BCUT2D eigenvalue weighted by Crippen LogP contribution is -2.44. The normalized spacial score (nSPS) is 20.6. The number of aliphatic carboxylic acids is 1. The molecule has 166 valence electrons. The number of nitrogens with zero attached hydrogens (tertiary/aromatic N) is 3. The maximum atomic E-state index is 12.5. The fourth-order valence-electron chi connectivity index (χ4n) is 3.83. The van der Waals surface area contributed by atoms with Crippen LogP contribution in [0.4, 0.5) is 0 Å². The van der Waals surface area contributed by atoms with E-state index in [1.165, 1.54) is 12.1 Å². The van der Waals surface area contributed by atoms with Crippen molar-refractivity contribution in [3.05, 3.63) is 23.9 Å². The Kier molecular flexibility index (Phi) is 9.78. The van der Waals surface area contributed by atoms with Crippen molar-refractivity contribution < 1.29 is 18.3 Å². The minimum absolute atomic E-state index is 0.104. The number of rotatable bonds is 11. The van der Waals surface area contributed by atoms with E-state index in [9.17, 15) is 18.3 Å². The number of carboxylic acids is 1. The van der Waals surface area contributed by atoms with Crippen LogP contribution in [-0.4, -0.2) is 66.3 Å². The molecule has 0 saturated heterocycles. The molecule has 1 aliphatic rings. The SMILES string of the molecule is N#Cc1ccc(S(=O)(=O)N[C@H](CC2CCC(N(CCCl)CCCl)CC2)C(=O)O)nc1. The van der Waals surface area contributed by atoms with Crippen molar-refractivity contribution in [2.24, 2.45) is 5.92 Å². The number of sulfonamides is 1. The summed E-state index contributed by atoms with van der Waals surface area (Å²) in [6, 6.07) is 3.49. The molecule has 0 aliphatic heterocycles. The van der Waals surface area contributed by atoms with Crippen molar-refractivity contribution in [1.82, 2.24) is 14.6 Å². The minimum atomic E-state index is -4.11. The molecule has 0 amide bonds. The van der Waals surface area contributed by atoms with E-state index in [1.807, 2.05) is 6.07 Å². The van der Waals surface area contributed by atoms with Crippen LogP contribution in [0.3, 0.4) is 0 Å². The van der Waals surface area contributed by atoms with Crippen LogP contribution in [0.2, 0.25) is 0 Å². The Hall–Kier alpha value is -1.44. The first-order chi connectivity index (χ1) is 14.3. The van der Waals surface area contributed by atoms with Gasteiger partial charge in [0.15, 0.2) is 5.03 Å². The van der Waals surface area contributed by atoms with Crippen molar-refractivity contribution in [1.29, 1.82) is 5.26 Å². The van der Waals surface area contributed by atoms with Gasteiger partial charge >= 0.3 is 5.97 Å². The maximum absolute atomic E-state index is 12.5. The number of hydrogen-bond acceptors (Lipinski definition) is 6. The van der Waals surface area contributed by atoms with Crippen molar-refractivity contribution in [3.8, 4) is 6.07 Å². The van der Waals surface area contributed by atoms with Gasteiger partial charge in [0.2, 0.25) is 0 Å². The third-order valence-corrected chi connectivity index (χ3v) is 7.11. The summed E-state index contributed by atoms with van der Waals surface area (Å²) < 4.78 is 27.3. The van der Waals surface area contributed by atoms with Gasteiger partial charge in [-0.05, 0) is 50.2 Å². The van der Waals surface area contributed by atoms with Gasteiger partial charge in [0.25, 0.3) is 10.0 Å². The van der Waals surface area contributed by atoms with E-state index in [1.54, 1.807) is 0 Å². The molecule has 0 bridgehead atoms. The number of carboxylic acid groups (broad SMARTS) is 1. The fraction of sp³-hybridized carbons (Fsp3) is 0.632. The van der Waals surface area contributed by atoms with E-state index < -0.39 is 22.0 Å². The Bertz CT molecular complexity index is 831. The van der Waals surface area contributed by atoms with E-state index in [0.29, 0.717) is 17.8 Å². The monoisotopic (exact) mass is 476 g/mol. The third kappa shape index (κ3) is 7.06. The highest BCUT2D eigenvalue weighted by atomic mass is 35.5. The third-order valence-electron chi connectivity index (χ3n) is 5.38. The van der Waals surface area contributed by atoms with Crippen LogP contribution in [-0.2, 0) is 14.8 Å². The molecule has 1 fully saturated rings. The Morgan fingerprint density at radius 3 is 2.37 bits per heavy atom. The summed E-state index contributed by atoms with van der Waals surface area (Å²) in [5.41, 5.74) is 0.220. The number of pyridine rings is 1. The number of nitriles is 1. The predicted molar refractivity (Wildman–Crippen MR) is 114 cm³/mol. The van der Waals surface area contributed by atoms with Crippen molar-refractivity contribution >= 4 is 39.2 Å². The molecule has 1 heterocycles. The molecule has 0 unspecified atom stereocenters. The van der Waals surface area contributed by atoms with Gasteiger partial charge in [-0.25, -0.2) is 13.4 Å². The molecule has 1 aromatic heterocycles. The molecule has 1 aromatic rings. The molecule has 2 N–H and O–H groups in total. The largest absolute Gasteiger partial charge is 0.480 e. The second kappa shape index (κ2) is 11.8. The summed E-state index contributed by atoms with van der Waals surface area (Å²) in [5.74, 6) is -0.0559. The first-order valence-corrected chi connectivity index (χ1v) is 12.3. The lowest BCUT2D eigenvalue weighted by atomic mass is 9.82. The lowest BCUT2D eigenvalue weighted by Gasteiger charge is -2.37. The van der Waals surface area contributed by atoms with Crippen molar-refractivity contribution in [2.75, 3.05) is 24.8 Å². The number of alkyl halides is 2. The molecule has 1 atom stereocenters. The van der Waals surface area contributed by atoms with Crippen molar-refractivity contribution in [2.45, 2.75) is 49.2 Å². The molecule has 0 aromatic carbocycles. The highest BCUT2D eigenvalue weighted by molar-refractivity contribution is 7.89. The summed E-state index contributed by atoms with van der Waals surface area (Å²) in [4.78, 5) is 17.7. The van der Waals surface area contributed by atoms with E-state index >= 15 is 0 Å². The van der Waals surface area contributed by atoms with Crippen LogP contribution < -0.4 is 4.72 Å². The molecule has 0 spiro atoms. The average molecular weight is 477 g/mol. The van der Waals surface area contributed by atoms with Gasteiger partial charge in [0.05, 0.1) is 5.56 Å². The Labute approximate surface area is 187 Å². The van der Waals surface area contributed by atoms with Crippen LogP contribution in [0.25, 0.3) is 0 Å².